The van der Waals surface area contributed by atoms with Gasteiger partial charge in [-0.1, -0.05) is 26.0 Å². The standard InChI is InChI=1S/C16H23N3/c1-3-15-12-19(16(4-2)10-18-15)11-14-7-5-6-13(8-14)9-17/h5-8,15-16,18H,3-4,10-12H2,1-2H3. The van der Waals surface area contributed by atoms with Crippen LogP contribution in [0.2, 0.25) is 0 Å². The van der Waals surface area contributed by atoms with Crippen molar-refractivity contribution >= 4 is 0 Å². The molecule has 0 aliphatic carbocycles. The molecule has 0 saturated carbocycles. The third-order valence-corrected chi connectivity index (χ3v) is 4.02. The summed E-state index contributed by atoms with van der Waals surface area (Å²) < 4.78 is 0. The van der Waals surface area contributed by atoms with Crippen LogP contribution in [-0.2, 0) is 6.54 Å². The highest BCUT2D eigenvalue weighted by Gasteiger charge is 2.25. The SMILES string of the molecule is CCC1CN(Cc2cccc(C#N)c2)C(CC)CN1. The fraction of sp³-hybridized carbons (Fsp3) is 0.562. The van der Waals surface area contributed by atoms with Gasteiger partial charge >= 0.3 is 0 Å². The lowest BCUT2D eigenvalue weighted by atomic mass is 10.0. The highest BCUT2D eigenvalue weighted by Crippen LogP contribution is 2.16. The fourth-order valence-electron chi connectivity index (χ4n) is 2.77. The lowest BCUT2D eigenvalue weighted by Gasteiger charge is -2.40. The zero-order valence-electron chi connectivity index (χ0n) is 11.9. The van der Waals surface area contributed by atoms with E-state index in [9.17, 15) is 0 Å². The molecule has 2 atom stereocenters. The van der Waals surface area contributed by atoms with Crippen molar-refractivity contribution in [2.75, 3.05) is 13.1 Å². The minimum absolute atomic E-state index is 0.599. The van der Waals surface area contributed by atoms with Crippen LogP contribution in [0.5, 0.6) is 0 Å². The number of nitrogens with one attached hydrogen (secondary N) is 1. The quantitative estimate of drug-likeness (QED) is 0.901. The number of hydrogen-bond acceptors (Lipinski definition) is 3. The van der Waals surface area contributed by atoms with Crippen LogP contribution in [0.1, 0.15) is 37.8 Å². The molecule has 1 aromatic rings. The molecule has 3 nitrogen and oxygen atoms in total. The third-order valence-electron chi connectivity index (χ3n) is 4.02. The van der Waals surface area contributed by atoms with Crippen LogP contribution >= 0.6 is 0 Å². The van der Waals surface area contributed by atoms with E-state index in [0.29, 0.717) is 12.1 Å². The summed E-state index contributed by atoms with van der Waals surface area (Å²) in [6.07, 6.45) is 2.34. The molecule has 0 spiro atoms. The summed E-state index contributed by atoms with van der Waals surface area (Å²) in [5.41, 5.74) is 2.00. The predicted octanol–water partition coefficient (Wildman–Crippen LogP) is 2.52. The van der Waals surface area contributed by atoms with Crippen molar-refractivity contribution in [2.24, 2.45) is 0 Å². The van der Waals surface area contributed by atoms with Gasteiger partial charge in [-0.2, -0.15) is 5.26 Å². The topological polar surface area (TPSA) is 39.1 Å². The molecule has 3 heteroatoms. The minimum Gasteiger partial charge on any atom is -0.311 e. The molecule has 2 unspecified atom stereocenters. The van der Waals surface area contributed by atoms with E-state index >= 15 is 0 Å². The summed E-state index contributed by atoms with van der Waals surface area (Å²) in [4.78, 5) is 2.56. The molecule has 0 bridgehead atoms. The van der Waals surface area contributed by atoms with Gasteiger partial charge in [0.15, 0.2) is 0 Å². The van der Waals surface area contributed by atoms with Crippen LogP contribution in [0.4, 0.5) is 0 Å². The molecular formula is C16H23N3. The maximum absolute atomic E-state index is 8.97. The Labute approximate surface area is 116 Å². The maximum Gasteiger partial charge on any atom is 0.0991 e. The van der Waals surface area contributed by atoms with E-state index in [-0.39, 0.29) is 0 Å². The largest absolute Gasteiger partial charge is 0.311 e. The van der Waals surface area contributed by atoms with Gasteiger partial charge in [-0.3, -0.25) is 4.90 Å². The van der Waals surface area contributed by atoms with Gasteiger partial charge in [0, 0.05) is 31.7 Å². The second-order valence-electron chi connectivity index (χ2n) is 5.32. The number of piperazine rings is 1. The molecule has 1 aliphatic heterocycles. The number of nitriles is 1. The first-order valence-corrected chi connectivity index (χ1v) is 7.23. The molecule has 2 rings (SSSR count). The summed E-state index contributed by atoms with van der Waals surface area (Å²) in [5.74, 6) is 0. The van der Waals surface area contributed by atoms with Gasteiger partial charge in [0.25, 0.3) is 0 Å². The number of benzene rings is 1. The zero-order chi connectivity index (χ0) is 13.7. The van der Waals surface area contributed by atoms with Crippen LogP contribution < -0.4 is 5.32 Å². The molecule has 0 aromatic heterocycles. The predicted molar refractivity (Wildman–Crippen MR) is 77.7 cm³/mol. The van der Waals surface area contributed by atoms with E-state index in [0.717, 1.165) is 25.2 Å². The Balaban J connectivity index is 2.07. The van der Waals surface area contributed by atoms with Gasteiger partial charge in [0.2, 0.25) is 0 Å². The minimum atomic E-state index is 0.599. The van der Waals surface area contributed by atoms with Gasteiger partial charge in [-0.15, -0.1) is 0 Å². The molecule has 1 fully saturated rings. The maximum atomic E-state index is 8.97. The fourth-order valence-corrected chi connectivity index (χ4v) is 2.77. The summed E-state index contributed by atoms with van der Waals surface area (Å²) >= 11 is 0. The Bertz CT molecular complexity index is 450. The molecular weight excluding hydrogens is 234 g/mol. The highest BCUT2D eigenvalue weighted by molar-refractivity contribution is 5.32. The Hall–Kier alpha value is -1.37. The summed E-state index contributed by atoms with van der Waals surface area (Å²) in [6, 6.07) is 11.4. The van der Waals surface area contributed by atoms with E-state index in [4.69, 9.17) is 5.26 Å². The average Bonchev–Trinajstić information content (AvgIpc) is 2.47. The summed E-state index contributed by atoms with van der Waals surface area (Å²) in [6.45, 7) is 7.61. The van der Waals surface area contributed by atoms with Crippen LogP contribution in [0.3, 0.4) is 0 Å². The summed E-state index contributed by atoms with van der Waals surface area (Å²) in [5, 5.41) is 12.6. The monoisotopic (exact) mass is 257 g/mol. The van der Waals surface area contributed by atoms with Crippen LogP contribution in [-0.4, -0.2) is 30.1 Å². The van der Waals surface area contributed by atoms with Crippen molar-refractivity contribution < 1.29 is 0 Å². The van der Waals surface area contributed by atoms with Crippen molar-refractivity contribution in [1.82, 2.24) is 10.2 Å². The number of rotatable bonds is 4. The van der Waals surface area contributed by atoms with Gasteiger partial charge < -0.3 is 5.32 Å². The molecule has 1 aromatic carbocycles. The zero-order valence-corrected chi connectivity index (χ0v) is 11.9. The van der Waals surface area contributed by atoms with Crippen molar-refractivity contribution in [1.29, 1.82) is 5.26 Å². The Morgan fingerprint density at radius 2 is 2.21 bits per heavy atom. The van der Waals surface area contributed by atoms with Crippen molar-refractivity contribution in [3.05, 3.63) is 35.4 Å². The van der Waals surface area contributed by atoms with E-state index < -0.39 is 0 Å². The second-order valence-corrected chi connectivity index (χ2v) is 5.32. The Morgan fingerprint density at radius 3 is 2.89 bits per heavy atom. The van der Waals surface area contributed by atoms with E-state index in [1.807, 2.05) is 18.2 Å². The first-order valence-electron chi connectivity index (χ1n) is 7.23. The molecule has 19 heavy (non-hydrogen) atoms. The van der Waals surface area contributed by atoms with Crippen molar-refractivity contribution in [3.63, 3.8) is 0 Å². The molecule has 1 heterocycles. The smallest absolute Gasteiger partial charge is 0.0991 e. The molecule has 102 valence electrons. The molecule has 1 aliphatic rings. The first kappa shape index (κ1) is 14.0. The highest BCUT2D eigenvalue weighted by atomic mass is 15.2. The van der Waals surface area contributed by atoms with Crippen LogP contribution in [0, 0.1) is 11.3 Å². The second kappa shape index (κ2) is 6.70. The molecule has 1 saturated heterocycles. The van der Waals surface area contributed by atoms with Crippen molar-refractivity contribution in [3.8, 4) is 6.07 Å². The van der Waals surface area contributed by atoms with E-state index in [1.165, 1.54) is 18.4 Å². The van der Waals surface area contributed by atoms with Gasteiger partial charge in [-0.25, -0.2) is 0 Å². The Morgan fingerprint density at radius 1 is 1.37 bits per heavy atom. The first-order chi connectivity index (χ1) is 9.26. The van der Waals surface area contributed by atoms with Crippen LogP contribution in [0.25, 0.3) is 0 Å². The summed E-state index contributed by atoms with van der Waals surface area (Å²) in [7, 11) is 0. The molecule has 1 N–H and O–H groups in total. The lowest BCUT2D eigenvalue weighted by Crippen LogP contribution is -2.55. The van der Waals surface area contributed by atoms with Gasteiger partial charge in [-0.05, 0) is 30.5 Å². The number of nitrogens with zero attached hydrogens (tertiary/aromatic N) is 2. The lowest BCUT2D eigenvalue weighted by molar-refractivity contribution is 0.117. The average molecular weight is 257 g/mol. The van der Waals surface area contributed by atoms with Crippen LogP contribution in [0.15, 0.2) is 24.3 Å². The van der Waals surface area contributed by atoms with E-state index in [1.54, 1.807) is 0 Å². The van der Waals surface area contributed by atoms with Crippen molar-refractivity contribution in [2.45, 2.75) is 45.3 Å². The van der Waals surface area contributed by atoms with Gasteiger partial charge in [0.1, 0.15) is 0 Å². The third kappa shape index (κ3) is 3.56. The normalized spacial score (nSPS) is 24.1. The van der Waals surface area contributed by atoms with Gasteiger partial charge in [0.05, 0.1) is 11.6 Å². The Kier molecular flexibility index (Phi) is 4.95. The molecule has 0 amide bonds. The number of hydrogen-bond donors (Lipinski definition) is 1. The molecule has 0 radical (unpaired) electrons. The van der Waals surface area contributed by atoms with E-state index in [2.05, 4.69) is 36.2 Å².